The number of aromatic nitrogens is 6. The molecule has 0 spiro atoms. The quantitative estimate of drug-likeness (QED) is 0.515. The Hall–Kier alpha value is -3.72. The molecule has 9 nitrogen and oxygen atoms in total. The number of imidazole rings is 1. The van der Waals surface area contributed by atoms with E-state index in [4.69, 9.17) is 19.4 Å². The number of nitrogens with one attached hydrogen (secondary N) is 1. The average molecular weight is 417 g/mol. The molecule has 1 aliphatic heterocycles. The Morgan fingerprint density at radius 1 is 1.06 bits per heavy atom. The Labute approximate surface area is 179 Å². The molecule has 0 unspecified atom stereocenters. The number of H-pyrrole nitrogens is 1. The number of hydrogen-bond donors (Lipinski definition) is 1. The van der Waals surface area contributed by atoms with Crippen LogP contribution in [0.25, 0.3) is 22.8 Å². The number of aryl methyl sites for hydroxylation is 1. The van der Waals surface area contributed by atoms with Crippen molar-refractivity contribution in [3.63, 3.8) is 0 Å². The minimum Gasteiger partial charge on any atom is -0.469 e. The number of benzene rings is 1. The molecule has 31 heavy (non-hydrogen) atoms. The van der Waals surface area contributed by atoms with Gasteiger partial charge in [-0.25, -0.2) is 9.97 Å². The van der Waals surface area contributed by atoms with Gasteiger partial charge >= 0.3 is 0 Å². The highest BCUT2D eigenvalue weighted by Crippen LogP contribution is 2.24. The van der Waals surface area contributed by atoms with Crippen LogP contribution in [0.15, 0.2) is 54.9 Å². The minimum atomic E-state index is 0.297. The van der Waals surface area contributed by atoms with E-state index in [1.807, 2.05) is 60.3 Å². The monoisotopic (exact) mass is 417 g/mol. The van der Waals surface area contributed by atoms with Gasteiger partial charge in [0.1, 0.15) is 23.9 Å². The van der Waals surface area contributed by atoms with Crippen molar-refractivity contribution >= 4 is 5.82 Å². The van der Waals surface area contributed by atoms with E-state index in [2.05, 4.69) is 20.1 Å². The van der Waals surface area contributed by atoms with Gasteiger partial charge in [-0.05, 0) is 6.07 Å². The first kappa shape index (κ1) is 19.3. The van der Waals surface area contributed by atoms with Crippen molar-refractivity contribution in [1.82, 2.24) is 29.7 Å². The lowest BCUT2D eigenvalue weighted by atomic mass is 10.2. The first-order valence-corrected chi connectivity index (χ1v) is 10.2. The fourth-order valence-corrected chi connectivity index (χ4v) is 3.47. The highest BCUT2D eigenvalue weighted by Gasteiger charge is 2.17. The van der Waals surface area contributed by atoms with Crippen molar-refractivity contribution in [3.8, 4) is 28.7 Å². The van der Waals surface area contributed by atoms with E-state index >= 15 is 0 Å². The van der Waals surface area contributed by atoms with Gasteiger partial charge in [0.25, 0.3) is 0 Å². The van der Waals surface area contributed by atoms with Gasteiger partial charge in [0, 0.05) is 44.2 Å². The van der Waals surface area contributed by atoms with Crippen LogP contribution in [0, 0.1) is 0 Å². The first-order valence-electron chi connectivity index (χ1n) is 10.2. The molecule has 9 heteroatoms. The van der Waals surface area contributed by atoms with E-state index in [1.165, 1.54) is 0 Å². The fourth-order valence-electron chi connectivity index (χ4n) is 3.47. The predicted octanol–water partition coefficient (Wildman–Crippen LogP) is 2.68. The molecule has 3 aromatic heterocycles. The molecule has 5 rings (SSSR count). The van der Waals surface area contributed by atoms with Crippen molar-refractivity contribution in [2.75, 3.05) is 31.2 Å². The maximum Gasteiger partial charge on any atom is 0.219 e. The number of nitrogens with zero attached hydrogens (tertiary/aromatic N) is 6. The molecule has 1 fully saturated rings. The highest BCUT2D eigenvalue weighted by atomic mass is 16.5. The lowest BCUT2D eigenvalue weighted by Crippen LogP contribution is -2.36. The molecular weight excluding hydrogens is 394 g/mol. The molecule has 1 N–H and O–H groups in total. The van der Waals surface area contributed by atoms with Crippen LogP contribution in [0.4, 0.5) is 5.82 Å². The van der Waals surface area contributed by atoms with Gasteiger partial charge in [-0.15, -0.1) is 0 Å². The molecule has 1 aliphatic rings. The third-order valence-corrected chi connectivity index (χ3v) is 5.16. The largest absolute Gasteiger partial charge is 0.469 e. The molecule has 0 amide bonds. The molecule has 0 saturated carbocycles. The van der Waals surface area contributed by atoms with Crippen molar-refractivity contribution < 1.29 is 9.47 Å². The smallest absolute Gasteiger partial charge is 0.219 e. The summed E-state index contributed by atoms with van der Waals surface area (Å²) in [5, 5.41) is 6.94. The van der Waals surface area contributed by atoms with E-state index in [0.29, 0.717) is 31.5 Å². The maximum atomic E-state index is 6.07. The predicted molar refractivity (Wildman–Crippen MR) is 116 cm³/mol. The number of morpholine rings is 1. The van der Waals surface area contributed by atoms with Crippen LogP contribution >= 0.6 is 0 Å². The van der Waals surface area contributed by atoms with Crippen LogP contribution in [0.5, 0.6) is 5.88 Å². The average Bonchev–Trinajstić information content (AvgIpc) is 3.49. The molecule has 1 saturated heterocycles. The zero-order valence-electron chi connectivity index (χ0n) is 17.2. The lowest BCUT2D eigenvalue weighted by Gasteiger charge is -2.28. The Kier molecular flexibility index (Phi) is 5.32. The van der Waals surface area contributed by atoms with Gasteiger partial charge in [-0.3, -0.25) is 5.10 Å². The molecule has 158 valence electrons. The third-order valence-electron chi connectivity index (χ3n) is 5.16. The topological polar surface area (TPSA) is 94.0 Å². The lowest BCUT2D eigenvalue weighted by molar-refractivity contribution is 0.122. The minimum absolute atomic E-state index is 0.297. The van der Waals surface area contributed by atoms with Gasteiger partial charge < -0.3 is 18.9 Å². The first-order chi connectivity index (χ1) is 15.3. The second-order valence-corrected chi connectivity index (χ2v) is 7.27. The molecule has 0 atom stereocenters. The zero-order chi connectivity index (χ0) is 21.0. The molecule has 0 radical (unpaired) electrons. The summed E-state index contributed by atoms with van der Waals surface area (Å²) in [6.45, 7) is 3.20. The molecular formula is C22H23N7O2. The summed E-state index contributed by atoms with van der Waals surface area (Å²) in [4.78, 5) is 16.2. The van der Waals surface area contributed by atoms with Crippen LogP contribution < -0.4 is 9.64 Å². The number of anilines is 1. The van der Waals surface area contributed by atoms with Crippen molar-refractivity contribution in [3.05, 3.63) is 60.7 Å². The Morgan fingerprint density at radius 3 is 2.68 bits per heavy atom. The van der Waals surface area contributed by atoms with Crippen LogP contribution in [-0.2, 0) is 18.4 Å². The summed E-state index contributed by atoms with van der Waals surface area (Å²) < 4.78 is 13.5. The van der Waals surface area contributed by atoms with Crippen molar-refractivity contribution in [1.29, 1.82) is 0 Å². The molecule has 0 aliphatic carbocycles. The van der Waals surface area contributed by atoms with Gasteiger partial charge in [-0.1, -0.05) is 30.3 Å². The summed E-state index contributed by atoms with van der Waals surface area (Å²) in [5.74, 6) is 2.66. The van der Waals surface area contributed by atoms with Crippen LogP contribution in [0.1, 0.15) is 5.82 Å². The summed E-state index contributed by atoms with van der Waals surface area (Å²) in [6, 6.07) is 13.8. The van der Waals surface area contributed by atoms with Crippen molar-refractivity contribution in [2.45, 2.75) is 6.61 Å². The van der Waals surface area contributed by atoms with E-state index < -0.39 is 0 Å². The summed E-state index contributed by atoms with van der Waals surface area (Å²) in [5.41, 5.74) is 2.72. The number of hydrogen-bond acceptors (Lipinski definition) is 7. The summed E-state index contributed by atoms with van der Waals surface area (Å²) in [6.07, 6.45) is 3.68. The molecule has 4 aromatic rings. The van der Waals surface area contributed by atoms with Gasteiger partial charge in [0.05, 0.1) is 18.9 Å². The van der Waals surface area contributed by atoms with Crippen LogP contribution in [0.2, 0.25) is 0 Å². The van der Waals surface area contributed by atoms with Gasteiger partial charge in [-0.2, -0.15) is 10.1 Å². The van der Waals surface area contributed by atoms with E-state index in [1.54, 1.807) is 6.20 Å². The Balaban J connectivity index is 1.40. The number of rotatable bonds is 6. The van der Waals surface area contributed by atoms with Gasteiger partial charge in [0.15, 0.2) is 5.82 Å². The third kappa shape index (κ3) is 4.26. The van der Waals surface area contributed by atoms with Crippen LogP contribution in [-0.4, -0.2) is 56.0 Å². The highest BCUT2D eigenvalue weighted by molar-refractivity contribution is 5.58. The van der Waals surface area contributed by atoms with E-state index in [0.717, 1.165) is 41.7 Å². The number of aromatic amines is 1. The Bertz CT molecular complexity index is 1140. The molecule has 4 heterocycles. The fraction of sp³-hybridized carbons (Fsp3) is 0.273. The molecule has 0 bridgehead atoms. The molecule has 1 aromatic carbocycles. The second-order valence-electron chi connectivity index (χ2n) is 7.27. The van der Waals surface area contributed by atoms with E-state index in [-0.39, 0.29) is 0 Å². The SMILES string of the molecule is Cn1cc(-c2ccccc2)nc1COc1cc(N2CCOCC2)nc(-c2ccn[nH]2)n1. The standard InChI is InChI=1S/C22H23N7O2/c1-28-14-18(16-5-3-2-4-6-16)24-20(28)15-31-21-13-19(29-9-11-30-12-10-29)25-22(26-21)17-7-8-23-27-17/h2-8,13-14H,9-12,15H2,1H3,(H,23,27). The summed E-state index contributed by atoms with van der Waals surface area (Å²) >= 11 is 0. The summed E-state index contributed by atoms with van der Waals surface area (Å²) in [7, 11) is 1.97. The van der Waals surface area contributed by atoms with Gasteiger partial charge in [0.2, 0.25) is 5.88 Å². The van der Waals surface area contributed by atoms with Crippen LogP contribution in [0.3, 0.4) is 0 Å². The van der Waals surface area contributed by atoms with E-state index in [9.17, 15) is 0 Å². The zero-order valence-corrected chi connectivity index (χ0v) is 17.2. The van der Waals surface area contributed by atoms with Crippen molar-refractivity contribution in [2.24, 2.45) is 7.05 Å². The normalized spacial score (nSPS) is 14.0. The Morgan fingerprint density at radius 2 is 1.90 bits per heavy atom. The second kappa shape index (κ2) is 8.57. The number of ether oxygens (including phenoxy) is 2. The maximum absolute atomic E-state index is 6.07.